The number of carbonyl (C=O) groups is 2. The molecule has 9 heteroatoms. The van der Waals surface area contributed by atoms with Crippen LogP contribution in [0.4, 0.5) is 4.79 Å². The number of nitrogens with one attached hydrogen (secondary N) is 2. The molecule has 0 unspecified atom stereocenters. The molecule has 0 radical (unpaired) electrons. The minimum Gasteiger partial charge on any atom is -0.445 e. The third-order valence-corrected chi connectivity index (χ3v) is 5.63. The fraction of sp³-hybridized carbons (Fsp3) is 0.444. The van der Waals surface area contributed by atoms with Crippen molar-refractivity contribution in [2.24, 2.45) is 11.7 Å². The molecule has 1 aromatic heterocycles. The minimum atomic E-state index is -1.08. The number of ether oxygens (including phenoxy) is 2. The van der Waals surface area contributed by atoms with E-state index in [1.807, 2.05) is 62.4 Å². The molecular formula is C27H37N5O4. The molecule has 0 spiro atoms. The molecule has 36 heavy (non-hydrogen) atoms. The van der Waals surface area contributed by atoms with Crippen LogP contribution in [0.15, 0.2) is 48.5 Å². The highest BCUT2D eigenvalue weighted by Crippen LogP contribution is 2.27. The lowest BCUT2D eigenvalue weighted by Crippen LogP contribution is -2.50. The van der Waals surface area contributed by atoms with Crippen molar-refractivity contribution in [3.63, 3.8) is 0 Å². The maximum Gasteiger partial charge on any atom is 0.409 e. The fourth-order valence-corrected chi connectivity index (χ4v) is 3.82. The number of amides is 2. The largest absolute Gasteiger partial charge is 0.445 e. The monoisotopic (exact) mass is 495 g/mol. The van der Waals surface area contributed by atoms with Gasteiger partial charge in [-0.25, -0.2) is 4.79 Å². The Labute approximate surface area is 212 Å². The number of carbonyl (C=O) groups excluding carboxylic acids is 2. The van der Waals surface area contributed by atoms with Crippen molar-refractivity contribution >= 4 is 22.9 Å². The lowest BCUT2D eigenvalue weighted by atomic mass is 10.0. The van der Waals surface area contributed by atoms with Crippen LogP contribution >= 0.6 is 0 Å². The van der Waals surface area contributed by atoms with Crippen LogP contribution in [0.3, 0.4) is 0 Å². The number of hydrogen-bond donors (Lipinski definition) is 3. The summed E-state index contributed by atoms with van der Waals surface area (Å²) in [6.45, 7) is 8.62. The molecule has 1 heterocycles. The number of benzene rings is 2. The highest BCUT2D eigenvalue weighted by Gasteiger charge is 2.28. The first-order valence-electron chi connectivity index (χ1n) is 12.1. The average Bonchev–Trinajstić information content (AvgIpc) is 3.26. The van der Waals surface area contributed by atoms with E-state index in [0.717, 1.165) is 16.5 Å². The summed E-state index contributed by atoms with van der Waals surface area (Å²) in [6, 6.07) is 14.9. The van der Waals surface area contributed by atoms with Crippen LogP contribution in [0, 0.1) is 5.92 Å². The Bertz CT molecular complexity index is 1150. The maximum atomic E-state index is 12.8. The summed E-state index contributed by atoms with van der Waals surface area (Å²) in [4.78, 5) is 26.8. The number of nitrogens with zero attached hydrogens (tertiary/aromatic N) is 2. The standard InChI is InChI=1S/C27H37N5O4/c1-18(2)14-32(5)26(34)36-16-20-12-9-13-21-23(20)24(31-30-21)22(29-25(33)27(3,4)28)17-35-15-19-10-7-6-8-11-19/h6-13,18,22H,14-17,28H2,1-5H3,(H,29,33)(H,30,31)/t22-/m1/s1. The van der Waals surface area contributed by atoms with E-state index in [9.17, 15) is 9.59 Å². The first kappa shape index (κ1) is 27.2. The Balaban J connectivity index is 1.84. The SMILES string of the molecule is CC(C)CN(C)C(=O)OCc1cccc2n[nH]c([C@@H](COCc3ccccc3)NC(=O)C(C)(C)N)c12. The van der Waals surface area contributed by atoms with Crippen LogP contribution in [-0.4, -0.2) is 52.8 Å². The predicted octanol–water partition coefficient (Wildman–Crippen LogP) is 3.90. The fourth-order valence-electron chi connectivity index (χ4n) is 3.82. The number of rotatable bonds is 11. The Morgan fingerprint density at radius 1 is 1.11 bits per heavy atom. The van der Waals surface area contributed by atoms with E-state index in [0.29, 0.717) is 30.3 Å². The number of aromatic nitrogens is 2. The second-order valence-electron chi connectivity index (χ2n) is 10.0. The van der Waals surface area contributed by atoms with Gasteiger partial charge in [-0.15, -0.1) is 0 Å². The average molecular weight is 496 g/mol. The van der Waals surface area contributed by atoms with Gasteiger partial charge in [0.2, 0.25) is 5.91 Å². The van der Waals surface area contributed by atoms with E-state index in [2.05, 4.69) is 15.5 Å². The van der Waals surface area contributed by atoms with Gasteiger partial charge >= 0.3 is 6.09 Å². The number of hydrogen-bond acceptors (Lipinski definition) is 6. The third kappa shape index (κ3) is 7.29. The lowest BCUT2D eigenvalue weighted by Gasteiger charge is -2.24. The second kappa shape index (κ2) is 12.0. The molecule has 9 nitrogen and oxygen atoms in total. The number of aromatic amines is 1. The van der Waals surface area contributed by atoms with E-state index in [1.165, 1.54) is 0 Å². The van der Waals surface area contributed by atoms with Crippen LogP contribution in [0.25, 0.3) is 10.9 Å². The van der Waals surface area contributed by atoms with Crippen LogP contribution in [0.5, 0.6) is 0 Å². The molecule has 0 aliphatic carbocycles. The van der Waals surface area contributed by atoms with E-state index in [1.54, 1.807) is 25.8 Å². The molecule has 0 aliphatic rings. The molecule has 1 atom stereocenters. The summed E-state index contributed by atoms with van der Waals surface area (Å²) >= 11 is 0. The van der Waals surface area contributed by atoms with Crippen molar-refractivity contribution < 1.29 is 19.1 Å². The van der Waals surface area contributed by atoms with Crippen molar-refractivity contribution in [1.29, 1.82) is 0 Å². The molecule has 4 N–H and O–H groups in total. The number of H-pyrrole nitrogens is 1. The van der Waals surface area contributed by atoms with Crippen LogP contribution in [0.1, 0.15) is 50.6 Å². The Kier molecular flexibility index (Phi) is 9.06. The Morgan fingerprint density at radius 3 is 2.50 bits per heavy atom. The molecule has 0 bridgehead atoms. The van der Waals surface area contributed by atoms with E-state index < -0.39 is 17.7 Å². The zero-order valence-corrected chi connectivity index (χ0v) is 21.7. The molecule has 3 rings (SSSR count). The van der Waals surface area contributed by atoms with Crippen LogP contribution in [-0.2, 0) is 27.5 Å². The van der Waals surface area contributed by atoms with Gasteiger partial charge in [-0.2, -0.15) is 5.10 Å². The molecule has 0 fully saturated rings. The van der Waals surface area contributed by atoms with E-state index in [-0.39, 0.29) is 19.1 Å². The molecule has 0 saturated heterocycles. The molecule has 3 aromatic rings. The topological polar surface area (TPSA) is 123 Å². The van der Waals surface area contributed by atoms with Crippen molar-refractivity contribution in [3.05, 3.63) is 65.4 Å². The van der Waals surface area contributed by atoms with Crippen LogP contribution < -0.4 is 11.1 Å². The van der Waals surface area contributed by atoms with Gasteiger partial charge in [0.25, 0.3) is 0 Å². The molecular weight excluding hydrogens is 458 g/mol. The second-order valence-corrected chi connectivity index (χ2v) is 10.0. The zero-order chi connectivity index (χ0) is 26.3. The van der Waals surface area contributed by atoms with Crippen LogP contribution in [0.2, 0.25) is 0 Å². The van der Waals surface area contributed by atoms with Gasteiger partial charge in [-0.3, -0.25) is 9.89 Å². The maximum absolute atomic E-state index is 12.8. The Hall–Kier alpha value is -3.43. The molecule has 0 saturated carbocycles. The molecule has 0 aliphatic heterocycles. The van der Waals surface area contributed by atoms with Crippen molar-refractivity contribution in [2.45, 2.75) is 52.5 Å². The van der Waals surface area contributed by atoms with Crippen molar-refractivity contribution in [1.82, 2.24) is 20.4 Å². The summed E-state index contributed by atoms with van der Waals surface area (Å²) < 4.78 is 11.6. The van der Waals surface area contributed by atoms with Gasteiger partial charge in [0.1, 0.15) is 6.61 Å². The van der Waals surface area contributed by atoms with E-state index >= 15 is 0 Å². The predicted molar refractivity (Wildman–Crippen MR) is 139 cm³/mol. The van der Waals surface area contributed by atoms with Gasteiger partial charge in [-0.1, -0.05) is 56.3 Å². The van der Waals surface area contributed by atoms with Gasteiger partial charge < -0.3 is 25.4 Å². The third-order valence-electron chi connectivity index (χ3n) is 5.63. The quantitative estimate of drug-likeness (QED) is 0.371. The van der Waals surface area contributed by atoms with Gasteiger partial charge in [0.15, 0.2) is 0 Å². The molecule has 194 valence electrons. The first-order valence-corrected chi connectivity index (χ1v) is 12.1. The van der Waals surface area contributed by atoms with Gasteiger partial charge in [0, 0.05) is 24.5 Å². The first-order chi connectivity index (χ1) is 17.1. The van der Waals surface area contributed by atoms with Crippen molar-refractivity contribution in [3.8, 4) is 0 Å². The highest BCUT2D eigenvalue weighted by atomic mass is 16.6. The minimum absolute atomic E-state index is 0.0685. The summed E-state index contributed by atoms with van der Waals surface area (Å²) in [5.74, 6) is 0.0105. The normalized spacial score (nSPS) is 12.5. The summed E-state index contributed by atoms with van der Waals surface area (Å²) in [6.07, 6.45) is -0.397. The van der Waals surface area contributed by atoms with Gasteiger partial charge in [0.05, 0.1) is 36.0 Å². The van der Waals surface area contributed by atoms with Crippen molar-refractivity contribution in [2.75, 3.05) is 20.2 Å². The smallest absolute Gasteiger partial charge is 0.409 e. The summed E-state index contributed by atoms with van der Waals surface area (Å²) in [5.41, 5.74) is 8.13. The highest BCUT2D eigenvalue weighted by molar-refractivity contribution is 5.88. The lowest BCUT2D eigenvalue weighted by molar-refractivity contribution is -0.126. The van der Waals surface area contributed by atoms with Gasteiger partial charge in [-0.05, 0) is 31.4 Å². The number of nitrogens with two attached hydrogens (primary N) is 1. The molecule has 2 aromatic carbocycles. The zero-order valence-electron chi connectivity index (χ0n) is 21.7. The Morgan fingerprint density at radius 2 is 1.83 bits per heavy atom. The molecule has 2 amide bonds. The van der Waals surface area contributed by atoms with E-state index in [4.69, 9.17) is 15.2 Å². The summed E-state index contributed by atoms with van der Waals surface area (Å²) in [5, 5.41) is 11.3. The number of fused-ring (bicyclic) bond motifs is 1. The summed E-state index contributed by atoms with van der Waals surface area (Å²) in [7, 11) is 1.72.